The van der Waals surface area contributed by atoms with E-state index in [0.29, 0.717) is 10.6 Å². The molecule has 0 N–H and O–H groups in total. The molecule has 1 atom stereocenters. The SMILES string of the molecule is COC1CCN(c2c(C(C)=O)cc(Cl)c3cccnc23)C1. The number of carbonyl (C=O) groups is 1. The number of nitrogens with zero attached hydrogens (tertiary/aromatic N) is 2. The van der Waals surface area contributed by atoms with Crippen molar-refractivity contribution in [1.29, 1.82) is 0 Å². The number of benzene rings is 1. The first kappa shape index (κ1) is 14.3. The molecule has 1 aliphatic heterocycles. The van der Waals surface area contributed by atoms with Crippen LogP contribution >= 0.6 is 11.6 Å². The zero-order chi connectivity index (χ0) is 15.0. The second-order valence-corrected chi connectivity index (χ2v) is 5.71. The van der Waals surface area contributed by atoms with Crippen molar-refractivity contribution in [3.63, 3.8) is 0 Å². The van der Waals surface area contributed by atoms with Gasteiger partial charge >= 0.3 is 0 Å². The molecule has 4 nitrogen and oxygen atoms in total. The normalized spacial score (nSPS) is 18.4. The number of pyridine rings is 1. The average molecular weight is 305 g/mol. The minimum atomic E-state index is 0.000296. The van der Waals surface area contributed by atoms with Crippen LogP contribution in [0, 0.1) is 0 Å². The van der Waals surface area contributed by atoms with Crippen molar-refractivity contribution in [2.75, 3.05) is 25.1 Å². The second kappa shape index (κ2) is 5.62. The minimum Gasteiger partial charge on any atom is -0.380 e. The molecule has 0 saturated carbocycles. The summed E-state index contributed by atoms with van der Waals surface area (Å²) in [6.45, 7) is 3.18. The van der Waals surface area contributed by atoms with E-state index in [1.165, 1.54) is 0 Å². The van der Waals surface area contributed by atoms with E-state index in [4.69, 9.17) is 16.3 Å². The topological polar surface area (TPSA) is 42.4 Å². The predicted molar refractivity (Wildman–Crippen MR) is 84.4 cm³/mol. The Balaban J connectivity index is 2.21. The van der Waals surface area contributed by atoms with Crippen LogP contribution in [0.1, 0.15) is 23.7 Å². The Kier molecular flexibility index (Phi) is 3.83. The van der Waals surface area contributed by atoms with Gasteiger partial charge in [-0.3, -0.25) is 9.78 Å². The molecule has 1 fully saturated rings. The largest absolute Gasteiger partial charge is 0.380 e. The monoisotopic (exact) mass is 304 g/mol. The highest BCUT2D eigenvalue weighted by atomic mass is 35.5. The molecule has 5 heteroatoms. The maximum absolute atomic E-state index is 12.0. The Labute approximate surface area is 128 Å². The number of hydrogen-bond acceptors (Lipinski definition) is 4. The number of rotatable bonds is 3. The number of hydrogen-bond donors (Lipinski definition) is 0. The van der Waals surface area contributed by atoms with Crippen LogP contribution in [0.2, 0.25) is 5.02 Å². The van der Waals surface area contributed by atoms with Gasteiger partial charge in [-0.05, 0) is 31.5 Å². The van der Waals surface area contributed by atoms with Crippen molar-refractivity contribution in [1.82, 2.24) is 4.98 Å². The number of carbonyl (C=O) groups excluding carboxylic acids is 1. The molecule has 0 aliphatic carbocycles. The highest BCUT2D eigenvalue weighted by Gasteiger charge is 2.27. The van der Waals surface area contributed by atoms with Crippen molar-refractivity contribution in [2.24, 2.45) is 0 Å². The van der Waals surface area contributed by atoms with Gasteiger partial charge in [-0.25, -0.2) is 0 Å². The summed E-state index contributed by atoms with van der Waals surface area (Å²) >= 11 is 6.31. The maximum atomic E-state index is 12.0. The molecule has 110 valence electrons. The standard InChI is InChI=1S/C16H17ClN2O2/c1-10(20)13-8-14(17)12-4-3-6-18-15(12)16(13)19-7-5-11(9-19)21-2/h3-4,6,8,11H,5,7,9H2,1-2H3. The number of aromatic nitrogens is 1. The number of methoxy groups -OCH3 is 1. The Bertz CT molecular complexity index is 702. The van der Waals surface area contributed by atoms with E-state index in [-0.39, 0.29) is 11.9 Å². The fourth-order valence-corrected chi connectivity index (χ4v) is 3.16. The molecule has 1 saturated heterocycles. The van der Waals surface area contributed by atoms with Gasteiger partial charge in [-0.15, -0.1) is 0 Å². The quantitative estimate of drug-likeness (QED) is 0.816. The molecule has 1 aromatic heterocycles. The zero-order valence-electron chi connectivity index (χ0n) is 12.1. The number of fused-ring (bicyclic) bond motifs is 1. The van der Waals surface area contributed by atoms with E-state index < -0.39 is 0 Å². The number of anilines is 1. The van der Waals surface area contributed by atoms with Gasteiger partial charge in [0.1, 0.15) is 0 Å². The summed E-state index contributed by atoms with van der Waals surface area (Å²) < 4.78 is 5.43. The minimum absolute atomic E-state index is 0.000296. The summed E-state index contributed by atoms with van der Waals surface area (Å²) in [5.74, 6) is 0.000296. The third-order valence-electron chi connectivity index (χ3n) is 3.99. The lowest BCUT2D eigenvalue weighted by atomic mass is 10.0. The van der Waals surface area contributed by atoms with Gasteiger partial charge in [0.05, 0.1) is 22.3 Å². The van der Waals surface area contributed by atoms with Crippen LogP contribution in [0.5, 0.6) is 0 Å². The number of ether oxygens (including phenoxy) is 1. The molecule has 1 aromatic carbocycles. The van der Waals surface area contributed by atoms with Gasteiger partial charge in [0, 0.05) is 37.3 Å². The average Bonchev–Trinajstić information content (AvgIpc) is 2.95. The predicted octanol–water partition coefficient (Wildman–Crippen LogP) is 3.32. The van der Waals surface area contributed by atoms with Crippen LogP contribution in [0.4, 0.5) is 5.69 Å². The van der Waals surface area contributed by atoms with Crippen molar-refractivity contribution in [3.8, 4) is 0 Å². The molecule has 2 aromatic rings. The summed E-state index contributed by atoms with van der Waals surface area (Å²) in [5.41, 5.74) is 2.29. The molecule has 2 heterocycles. The third kappa shape index (κ3) is 2.49. The number of Topliss-reactive ketones (excluding diaryl/α,β-unsaturated/α-hetero) is 1. The molecule has 1 aliphatic rings. The highest BCUT2D eigenvalue weighted by molar-refractivity contribution is 6.36. The Hall–Kier alpha value is -1.65. The third-order valence-corrected chi connectivity index (χ3v) is 4.30. The summed E-state index contributed by atoms with van der Waals surface area (Å²) in [4.78, 5) is 18.7. The van der Waals surface area contributed by atoms with E-state index >= 15 is 0 Å². The van der Waals surface area contributed by atoms with E-state index in [0.717, 1.165) is 36.1 Å². The summed E-state index contributed by atoms with van der Waals surface area (Å²) in [5, 5.41) is 1.44. The van der Waals surface area contributed by atoms with Crippen LogP contribution in [0.25, 0.3) is 10.9 Å². The van der Waals surface area contributed by atoms with Crippen molar-refractivity contribution in [3.05, 3.63) is 35.0 Å². The Morgan fingerprint density at radius 1 is 1.52 bits per heavy atom. The molecule has 0 spiro atoms. The lowest BCUT2D eigenvalue weighted by Crippen LogP contribution is -2.24. The fraction of sp³-hybridized carbons (Fsp3) is 0.375. The molecule has 0 amide bonds. The van der Waals surface area contributed by atoms with Gasteiger partial charge in [0.25, 0.3) is 0 Å². The Morgan fingerprint density at radius 2 is 2.33 bits per heavy atom. The van der Waals surface area contributed by atoms with Crippen LogP contribution < -0.4 is 4.90 Å². The molecule has 0 bridgehead atoms. The first-order valence-electron chi connectivity index (χ1n) is 6.97. The summed E-state index contributed by atoms with van der Waals surface area (Å²) in [6.07, 6.45) is 2.88. The first-order chi connectivity index (χ1) is 10.1. The van der Waals surface area contributed by atoms with E-state index in [2.05, 4.69) is 9.88 Å². The number of halogens is 1. The van der Waals surface area contributed by atoms with Gasteiger partial charge in [-0.1, -0.05) is 11.6 Å². The van der Waals surface area contributed by atoms with E-state index in [9.17, 15) is 4.79 Å². The molecule has 1 unspecified atom stereocenters. The van der Waals surface area contributed by atoms with Gasteiger partial charge in [0.15, 0.2) is 5.78 Å². The van der Waals surface area contributed by atoms with E-state index in [1.807, 2.05) is 12.1 Å². The van der Waals surface area contributed by atoms with Crippen molar-refractivity contribution >= 4 is 34.0 Å². The maximum Gasteiger partial charge on any atom is 0.162 e. The van der Waals surface area contributed by atoms with Gasteiger partial charge in [-0.2, -0.15) is 0 Å². The lowest BCUT2D eigenvalue weighted by Gasteiger charge is -2.23. The van der Waals surface area contributed by atoms with Gasteiger partial charge < -0.3 is 9.64 Å². The number of ketones is 1. The Morgan fingerprint density at radius 3 is 3.00 bits per heavy atom. The van der Waals surface area contributed by atoms with E-state index in [1.54, 1.807) is 26.3 Å². The van der Waals surface area contributed by atoms with Crippen LogP contribution in [-0.2, 0) is 4.74 Å². The molecule has 3 rings (SSSR count). The molecule has 21 heavy (non-hydrogen) atoms. The smallest absolute Gasteiger partial charge is 0.162 e. The first-order valence-corrected chi connectivity index (χ1v) is 7.35. The second-order valence-electron chi connectivity index (χ2n) is 5.30. The van der Waals surface area contributed by atoms with Crippen LogP contribution in [0.15, 0.2) is 24.4 Å². The van der Waals surface area contributed by atoms with Gasteiger partial charge in [0.2, 0.25) is 0 Å². The van der Waals surface area contributed by atoms with Crippen LogP contribution in [-0.4, -0.2) is 37.1 Å². The van der Waals surface area contributed by atoms with Crippen molar-refractivity contribution in [2.45, 2.75) is 19.4 Å². The molecular weight excluding hydrogens is 288 g/mol. The van der Waals surface area contributed by atoms with Crippen molar-refractivity contribution < 1.29 is 9.53 Å². The fourth-order valence-electron chi connectivity index (χ4n) is 2.90. The molecular formula is C16H17ClN2O2. The summed E-state index contributed by atoms with van der Waals surface area (Å²) in [6, 6.07) is 5.54. The molecule has 0 radical (unpaired) electrons. The van der Waals surface area contributed by atoms with Crippen LogP contribution in [0.3, 0.4) is 0 Å². The lowest BCUT2D eigenvalue weighted by molar-refractivity contribution is 0.101. The highest BCUT2D eigenvalue weighted by Crippen LogP contribution is 2.36. The summed E-state index contributed by atoms with van der Waals surface area (Å²) in [7, 11) is 1.72. The zero-order valence-corrected chi connectivity index (χ0v) is 12.9.